The average molecular weight is 543 g/mol. The van der Waals surface area contributed by atoms with Crippen LogP contribution in [-0.2, 0) is 4.74 Å². The Bertz CT molecular complexity index is 1040. The van der Waals surface area contributed by atoms with Crippen molar-refractivity contribution in [3.63, 3.8) is 0 Å². The van der Waals surface area contributed by atoms with E-state index in [0.717, 1.165) is 31.8 Å². The first-order valence-corrected chi connectivity index (χ1v) is 16.3. The molecule has 0 amide bonds. The van der Waals surface area contributed by atoms with Crippen LogP contribution in [0.25, 0.3) is 22.3 Å². The van der Waals surface area contributed by atoms with E-state index in [9.17, 15) is 0 Å². The Morgan fingerprint density at radius 1 is 0.500 bits per heavy atom. The molecule has 0 aliphatic rings. The van der Waals surface area contributed by atoms with Crippen LogP contribution in [0.2, 0.25) is 0 Å². The summed E-state index contributed by atoms with van der Waals surface area (Å²) in [4.78, 5) is 0. The molecular formula is C38H54O2. The van der Waals surface area contributed by atoms with Crippen molar-refractivity contribution in [1.82, 2.24) is 0 Å². The van der Waals surface area contributed by atoms with Crippen molar-refractivity contribution in [2.75, 3.05) is 13.2 Å². The summed E-state index contributed by atoms with van der Waals surface area (Å²) in [7, 11) is 0. The summed E-state index contributed by atoms with van der Waals surface area (Å²) < 4.78 is 12.1. The molecular weight excluding hydrogens is 488 g/mol. The first-order valence-electron chi connectivity index (χ1n) is 16.3. The van der Waals surface area contributed by atoms with Crippen LogP contribution in [0.3, 0.4) is 0 Å². The van der Waals surface area contributed by atoms with E-state index in [4.69, 9.17) is 9.47 Å². The van der Waals surface area contributed by atoms with Gasteiger partial charge in [0.05, 0.1) is 12.7 Å². The van der Waals surface area contributed by atoms with E-state index in [1.54, 1.807) is 0 Å². The molecule has 0 aliphatic heterocycles. The van der Waals surface area contributed by atoms with Gasteiger partial charge in [-0.2, -0.15) is 0 Å². The van der Waals surface area contributed by atoms with Gasteiger partial charge in [0.15, 0.2) is 0 Å². The highest BCUT2D eigenvalue weighted by Gasteiger charge is 2.10. The van der Waals surface area contributed by atoms with Crippen molar-refractivity contribution in [3.8, 4) is 28.0 Å². The van der Waals surface area contributed by atoms with Crippen molar-refractivity contribution in [3.05, 3.63) is 78.4 Å². The van der Waals surface area contributed by atoms with Crippen LogP contribution in [0.1, 0.15) is 122 Å². The third kappa shape index (κ3) is 11.5. The monoisotopic (exact) mass is 542 g/mol. The molecule has 3 aromatic rings. The maximum Gasteiger partial charge on any atom is 0.119 e. The fourth-order valence-corrected chi connectivity index (χ4v) is 5.32. The van der Waals surface area contributed by atoms with Crippen molar-refractivity contribution >= 4 is 0 Å². The van der Waals surface area contributed by atoms with Gasteiger partial charge in [0.25, 0.3) is 0 Å². The van der Waals surface area contributed by atoms with Gasteiger partial charge in [-0.15, -0.1) is 0 Å². The lowest BCUT2D eigenvalue weighted by Gasteiger charge is -2.15. The summed E-state index contributed by atoms with van der Waals surface area (Å²) in [5.74, 6) is 0.963. The number of unbranched alkanes of at least 4 members (excludes halogenated alkanes) is 12. The molecule has 2 nitrogen and oxygen atoms in total. The van der Waals surface area contributed by atoms with Gasteiger partial charge in [-0.3, -0.25) is 0 Å². The van der Waals surface area contributed by atoms with Gasteiger partial charge in [0.2, 0.25) is 0 Å². The maximum atomic E-state index is 6.08. The first-order chi connectivity index (χ1) is 19.7. The fraction of sp³-hybridized carbons (Fsp3) is 0.526. The zero-order valence-electron chi connectivity index (χ0n) is 25.6. The topological polar surface area (TPSA) is 18.5 Å². The molecule has 0 bridgehead atoms. The molecule has 0 aromatic heterocycles. The van der Waals surface area contributed by atoms with E-state index in [0.29, 0.717) is 0 Å². The lowest BCUT2D eigenvalue weighted by atomic mass is 9.94. The van der Waals surface area contributed by atoms with Crippen LogP contribution >= 0.6 is 0 Å². The predicted octanol–water partition coefficient (Wildman–Crippen LogP) is 12.0. The van der Waals surface area contributed by atoms with Crippen molar-refractivity contribution in [1.29, 1.82) is 0 Å². The number of ether oxygens (including phenoxy) is 2. The average Bonchev–Trinajstić information content (AvgIpc) is 3.00. The van der Waals surface area contributed by atoms with Gasteiger partial charge < -0.3 is 9.47 Å². The van der Waals surface area contributed by atoms with Gasteiger partial charge in [-0.1, -0.05) is 152 Å². The molecule has 3 rings (SSSR count). The Balaban J connectivity index is 1.45. The van der Waals surface area contributed by atoms with Crippen molar-refractivity contribution < 1.29 is 9.47 Å². The molecule has 40 heavy (non-hydrogen) atoms. The minimum absolute atomic E-state index is 0.124. The van der Waals surface area contributed by atoms with Crippen LogP contribution in [0.5, 0.6) is 5.75 Å². The summed E-state index contributed by atoms with van der Waals surface area (Å²) in [6.45, 7) is 8.32. The lowest BCUT2D eigenvalue weighted by molar-refractivity contribution is 0.0628. The minimum Gasteiger partial charge on any atom is -0.494 e. The van der Waals surface area contributed by atoms with Crippen LogP contribution < -0.4 is 4.74 Å². The van der Waals surface area contributed by atoms with Crippen LogP contribution in [0, 0.1) is 0 Å². The molecule has 0 N–H and O–H groups in total. The van der Waals surface area contributed by atoms with Gasteiger partial charge >= 0.3 is 0 Å². The van der Waals surface area contributed by atoms with E-state index in [1.807, 2.05) is 0 Å². The molecule has 0 saturated heterocycles. The Morgan fingerprint density at radius 2 is 0.950 bits per heavy atom. The standard InChI is InChI=1S/C38H54O2/c1-4-6-8-10-11-12-13-14-15-19-31-40-36-28-26-35(27-29-36)38-21-17-16-20-37(38)34-24-22-33(23-25-34)32(3)39-30-18-9-7-5-2/h16-17,20-29,32H,4-15,18-19,30-31H2,1-3H3. The van der Waals surface area contributed by atoms with Crippen LogP contribution in [0.4, 0.5) is 0 Å². The fourth-order valence-electron chi connectivity index (χ4n) is 5.32. The zero-order valence-corrected chi connectivity index (χ0v) is 25.6. The number of benzene rings is 3. The molecule has 0 fully saturated rings. The van der Waals surface area contributed by atoms with Gasteiger partial charge in [-0.25, -0.2) is 0 Å². The van der Waals surface area contributed by atoms with E-state index in [1.165, 1.54) is 105 Å². The third-order valence-electron chi connectivity index (χ3n) is 7.92. The van der Waals surface area contributed by atoms with Gasteiger partial charge in [0.1, 0.15) is 5.75 Å². The highest BCUT2D eigenvalue weighted by Crippen LogP contribution is 2.33. The predicted molar refractivity (Wildman–Crippen MR) is 173 cm³/mol. The van der Waals surface area contributed by atoms with Crippen LogP contribution in [0.15, 0.2) is 72.8 Å². The second kappa shape index (κ2) is 19.5. The number of hydrogen-bond acceptors (Lipinski definition) is 2. The largest absolute Gasteiger partial charge is 0.494 e. The molecule has 1 atom stereocenters. The molecule has 218 valence electrons. The molecule has 0 spiro atoms. The third-order valence-corrected chi connectivity index (χ3v) is 7.92. The summed E-state index contributed by atoms with van der Waals surface area (Å²) in [6.07, 6.45) is 18.5. The molecule has 3 aromatic carbocycles. The summed E-state index contributed by atoms with van der Waals surface area (Å²) in [5, 5.41) is 0. The van der Waals surface area contributed by atoms with E-state index >= 15 is 0 Å². The number of rotatable bonds is 21. The Morgan fingerprint density at radius 3 is 1.50 bits per heavy atom. The van der Waals surface area contributed by atoms with E-state index in [-0.39, 0.29) is 6.10 Å². The van der Waals surface area contributed by atoms with Gasteiger partial charge in [-0.05, 0) is 59.7 Å². The molecule has 0 saturated carbocycles. The summed E-state index contributed by atoms with van der Waals surface area (Å²) in [5.41, 5.74) is 6.18. The SMILES string of the molecule is CCCCCCCCCCCCOc1ccc(-c2ccccc2-c2ccc(C(C)OCCCCCC)cc2)cc1. The molecule has 0 radical (unpaired) electrons. The molecule has 0 heterocycles. The second-order valence-corrected chi connectivity index (χ2v) is 11.3. The normalized spacial score (nSPS) is 12.0. The van der Waals surface area contributed by atoms with Crippen molar-refractivity contribution in [2.24, 2.45) is 0 Å². The Kier molecular flexibility index (Phi) is 15.6. The minimum atomic E-state index is 0.124. The maximum absolute atomic E-state index is 6.08. The summed E-state index contributed by atoms with van der Waals surface area (Å²) in [6, 6.07) is 26.2. The number of hydrogen-bond donors (Lipinski definition) is 0. The van der Waals surface area contributed by atoms with E-state index < -0.39 is 0 Å². The first kappa shape index (κ1) is 31.9. The highest BCUT2D eigenvalue weighted by atomic mass is 16.5. The second-order valence-electron chi connectivity index (χ2n) is 11.3. The quantitative estimate of drug-likeness (QED) is 0.125. The Hall–Kier alpha value is -2.58. The Labute approximate surface area is 245 Å². The summed E-state index contributed by atoms with van der Waals surface area (Å²) >= 11 is 0. The smallest absolute Gasteiger partial charge is 0.119 e. The lowest BCUT2D eigenvalue weighted by Crippen LogP contribution is -2.01. The van der Waals surface area contributed by atoms with Crippen LogP contribution in [-0.4, -0.2) is 13.2 Å². The van der Waals surface area contributed by atoms with E-state index in [2.05, 4.69) is 93.6 Å². The molecule has 1 unspecified atom stereocenters. The molecule has 0 aliphatic carbocycles. The zero-order chi connectivity index (χ0) is 28.3. The molecule has 2 heteroatoms. The van der Waals surface area contributed by atoms with Gasteiger partial charge in [0, 0.05) is 6.61 Å². The van der Waals surface area contributed by atoms with Crippen molar-refractivity contribution in [2.45, 2.75) is 117 Å². The highest BCUT2D eigenvalue weighted by molar-refractivity contribution is 5.83.